The molecule has 24 heavy (non-hydrogen) atoms. The number of nitrogens with zero attached hydrogens (tertiary/aromatic N) is 1. The molecule has 1 aliphatic heterocycles. The van der Waals surface area contributed by atoms with E-state index in [9.17, 15) is 9.59 Å². The van der Waals surface area contributed by atoms with E-state index in [1.807, 2.05) is 13.8 Å². The number of carbonyl (C=O) groups is 2. The third-order valence-corrected chi connectivity index (χ3v) is 4.20. The molecule has 0 spiro atoms. The molecular formula is C17H24N2O5. The van der Waals surface area contributed by atoms with E-state index in [1.54, 1.807) is 26.4 Å². The van der Waals surface area contributed by atoms with Gasteiger partial charge in [-0.3, -0.25) is 4.79 Å². The Morgan fingerprint density at radius 2 is 1.83 bits per heavy atom. The Labute approximate surface area is 141 Å². The van der Waals surface area contributed by atoms with Gasteiger partial charge in [-0.1, -0.05) is 13.8 Å². The second kappa shape index (κ2) is 7.42. The summed E-state index contributed by atoms with van der Waals surface area (Å²) in [5.74, 6) is 0.126. The smallest absolute Gasteiger partial charge is 0.321 e. The number of rotatable bonds is 5. The van der Waals surface area contributed by atoms with E-state index in [2.05, 4.69) is 5.32 Å². The average Bonchev–Trinajstić information content (AvgIpc) is 3.03. The van der Waals surface area contributed by atoms with Gasteiger partial charge in [-0.25, -0.2) is 4.79 Å². The SMILES string of the molecule is COc1cc(NC(=O)N2CC[C@H](C(=O)O)C2)cc(OC)c1C(C)C. The minimum absolute atomic E-state index is 0.203. The number of urea groups is 1. The van der Waals surface area contributed by atoms with Gasteiger partial charge in [0.05, 0.1) is 20.1 Å². The number of aliphatic carboxylic acids is 1. The van der Waals surface area contributed by atoms with Crippen LogP contribution in [0, 0.1) is 5.92 Å². The molecule has 2 amide bonds. The number of likely N-dealkylation sites (tertiary alicyclic amines) is 1. The van der Waals surface area contributed by atoms with Crippen LogP contribution in [0.15, 0.2) is 12.1 Å². The molecule has 0 unspecified atom stereocenters. The van der Waals surface area contributed by atoms with Crippen LogP contribution in [0.25, 0.3) is 0 Å². The van der Waals surface area contributed by atoms with Crippen LogP contribution in [-0.4, -0.2) is 49.3 Å². The van der Waals surface area contributed by atoms with Crippen molar-refractivity contribution in [1.29, 1.82) is 0 Å². The van der Waals surface area contributed by atoms with Crippen LogP contribution in [0.2, 0.25) is 0 Å². The summed E-state index contributed by atoms with van der Waals surface area (Å²) >= 11 is 0. The zero-order valence-electron chi connectivity index (χ0n) is 14.5. The number of methoxy groups -OCH3 is 2. The Balaban J connectivity index is 2.18. The molecule has 1 atom stereocenters. The molecule has 2 rings (SSSR count). The minimum atomic E-state index is -0.866. The Morgan fingerprint density at radius 1 is 1.25 bits per heavy atom. The molecule has 1 aromatic rings. The van der Waals surface area contributed by atoms with Crippen LogP contribution >= 0.6 is 0 Å². The fourth-order valence-electron chi connectivity index (χ4n) is 2.93. The van der Waals surface area contributed by atoms with Crippen LogP contribution in [0.3, 0.4) is 0 Å². The second-order valence-corrected chi connectivity index (χ2v) is 6.15. The number of carbonyl (C=O) groups excluding carboxylic acids is 1. The predicted molar refractivity (Wildman–Crippen MR) is 90.0 cm³/mol. The highest BCUT2D eigenvalue weighted by molar-refractivity contribution is 5.90. The zero-order chi connectivity index (χ0) is 17.9. The normalized spacial score (nSPS) is 17.0. The van der Waals surface area contributed by atoms with Crippen LogP contribution in [0.1, 0.15) is 31.7 Å². The second-order valence-electron chi connectivity index (χ2n) is 6.15. The molecule has 1 saturated heterocycles. The molecular weight excluding hydrogens is 312 g/mol. The summed E-state index contributed by atoms with van der Waals surface area (Å²) in [5, 5.41) is 11.8. The van der Waals surface area contributed by atoms with Crippen molar-refractivity contribution in [2.75, 3.05) is 32.6 Å². The van der Waals surface area contributed by atoms with Crippen molar-refractivity contribution in [1.82, 2.24) is 4.90 Å². The number of anilines is 1. The van der Waals surface area contributed by atoms with E-state index in [-0.39, 0.29) is 18.5 Å². The Hall–Kier alpha value is -2.44. The van der Waals surface area contributed by atoms with E-state index in [0.717, 1.165) is 5.56 Å². The van der Waals surface area contributed by atoms with Crippen molar-refractivity contribution >= 4 is 17.7 Å². The lowest BCUT2D eigenvalue weighted by Gasteiger charge is -2.20. The van der Waals surface area contributed by atoms with Gasteiger partial charge in [0.15, 0.2) is 0 Å². The van der Waals surface area contributed by atoms with Crippen LogP contribution in [0.4, 0.5) is 10.5 Å². The maximum atomic E-state index is 12.3. The first-order valence-electron chi connectivity index (χ1n) is 7.92. The van der Waals surface area contributed by atoms with Gasteiger partial charge in [0.25, 0.3) is 0 Å². The summed E-state index contributed by atoms with van der Waals surface area (Å²) < 4.78 is 10.8. The molecule has 0 aliphatic carbocycles. The lowest BCUT2D eigenvalue weighted by Crippen LogP contribution is -2.33. The van der Waals surface area contributed by atoms with Crippen LogP contribution in [-0.2, 0) is 4.79 Å². The number of carboxylic acid groups (broad SMARTS) is 1. The first-order chi connectivity index (χ1) is 11.4. The number of hydrogen-bond donors (Lipinski definition) is 2. The summed E-state index contributed by atoms with van der Waals surface area (Å²) in [6.07, 6.45) is 0.474. The molecule has 1 aliphatic rings. The summed E-state index contributed by atoms with van der Waals surface area (Å²) in [7, 11) is 3.15. The largest absolute Gasteiger partial charge is 0.496 e. The molecule has 1 fully saturated rings. The summed E-state index contributed by atoms with van der Waals surface area (Å²) in [6, 6.07) is 3.18. The third-order valence-electron chi connectivity index (χ3n) is 4.20. The minimum Gasteiger partial charge on any atom is -0.496 e. The number of carboxylic acids is 1. The molecule has 0 saturated carbocycles. The fraction of sp³-hybridized carbons (Fsp3) is 0.529. The molecule has 2 N–H and O–H groups in total. The number of ether oxygens (including phenoxy) is 2. The topological polar surface area (TPSA) is 88.1 Å². The molecule has 0 bridgehead atoms. The average molecular weight is 336 g/mol. The molecule has 1 aromatic carbocycles. The Morgan fingerprint density at radius 3 is 2.25 bits per heavy atom. The van der Waals surface area contributed by atoms with Gasteiger partial charge in [-0.15, -0.1) is 0 Å². The van der Waals surface area contributed by atoms with E-state index < -0.39 is 11.9 Å². The molecule has 7 nitrogen and oxygen atoms in total. The number of amides is 2. The van der Waals surface area contributed by atoms with Gasteiger partial charge >= 0.3 is 12.0 Å². The highest BCUT2D eigenvalue weighted by Gasteiger charge is 2.31. The van der Waals surface area contributed by atoms with Gasteiger partial charge in [-0.05, 0) is 12.3 Å². The lowest BCUT2D eigenvalue weighted by atomic mass is 10.00. The van der Waals surface area contributed by atoms with Gasteiger partial charge in [0.1, 0.15) is 11.5 Å². The molecule has 7 heteroatoms. The van der Waals surface area contributed by atoms with Crippen LogP contribution in [0.5, 0.6) is 11.5 Å². The van der Waals surface area contributed by atoms with Crippen molar-refractivity contribution in [3.8, 4) is 11.5 Å². The monoisotopic (exact) mass is 336 g/mol. The van der Waals surface area contributed by atoms with E-state index in [0.29, 0.717) is 30.2 Å². The molecule has 132 valence electrons. The molecule has 0 aromatic heterocycles. The predicted octanol–water partition coefficient (Wildman–Crippen LogP) is 2.77. The summed E-state index contributed by atoms with van der Waals surface area (Å²) in [4.78, 5) is 24.9. The van der Waals surface area contributed by atoms with E-state index >= 15 is 0 Å². The first-order valence-corrected chi connectivity index (χ1v) is 7.92. The number of benzene rings is 1. The quantitative estimate of drug-likeness (QED) is 0.863. The Bertz CT molecular complexity index is 604. The number of nitrogens with one attached hydrogen (secondary N) is 1. The van der Waals surface area contributed by atoms with Crippen molar-refractivity contribution in [2.45, 2.75) is 26.2 Å². The van der Waals surface area contributed by atoms with Crippen molar-refractivity contribution < 1.29 is 24.2 Å². The van der Waals surface area contributed by atoms with E-state index in [4.69, 9.17) is 14.6 Å². The van der Waals surface area contributed by atoms with E-state index in [1.165, 1.54) is 4.90 Å². The van der Waals surface area contributed by atoms with Crippen molar-refractivity contribution in [3.05, 3.63) is 17.7 Å². The standard InChI is InChI=1S/C17H24N2O5/c1-10(2)15-13(23-3)7-12(8-14(15)24-4)18-17(22)19-6-5-11(9-19)16(20)21/h7-8,10-11H,5-6,9H2,1-4H3,(H,18,22)(H,20,21)/t11-/m0/s1. The van der Waals surface area contributed by atoms with Gasteiger partial charge < -0.3 is 24.8 Å². The maximum Gasteiger partial charge on any atom is 0.321 e. The highest BCUT2D eigenvalue weighted by Crippen LogP contribution is 2.38. The summed E-state index contributed by atoms with van der Waals surface area (Å²) in [5.41, 5.74) is 1.49. The molecule has 1 heterocycles. The van der Waals surface area contributed by atoms with Crippen LogP contribution < -0.4 is 14.8 Å². The maximum absolute atomic E-state index is 12.3. The van der Waals surface area contributed by atoms with Crippen molar-refractivity contribution in [2.24, 2.45) is 5.92 Å². The van der Waals surface area contributed by atoms with Gasteiger partial charge in [-0.2, -0.15) is 0 Å². The Kier molecular flexibility index (Phi) is 5.54. The van der Waals surface area contributed by atoms with Crippen molar-refractivity contribution in [3.63, 3.8) is 0 Å². The summed E-state index contributed by atoms with van der Waals surface area (Å²) in [6.45, 7) is 4.73. The zero-order valence-corrected chi connectivity index (χ0v) is 14.5. The van der Waals surface area contributed by atoms with Gasteiger partial charge in [0, 0.05) is 36.5 Å². The third kappa shape index (κ3) is 3.72. The molecule has 0 radical (unpaired) electrons. The fourth-order valence-corrected chi connectivity index (χ4v) is 2.93. The first kappa shape index (κ1) is 17.9. The lowest BCUT2D eigenvalue weighted by molar-refractivity contribution is -0.141. The number of hydrogen-bond acceptors (Lipinski definition) is 4. The van der Waals surface area contributed by atoms with Gasteiger partial charge in [0.2, 0.25) is 0 Å². The highest BCUT2D eigenvalue weighted by atomic mass is 16.5.